The van der Waals surface area contributed by atoms with E-state index in [0.717, 1.165) is 61.4 Å². The average molecular weight is 503 g/mol. The molecule has 0 saturated heterocycles. The zero-order valence-corrected chi connectivity index (χ0v) is 20.9. The SMILES string of the molecule is O=c1n(-c2ccccc2)c2ccccc2n1-c1ccc(-c2ccc3c4c(cccc24)Oc2ccccc2-3)cc1. The Balaban J connectivity index is 1.27. The van der Waals surface area contributed by atoms with Crippen molar-refractivity contribution >= 4 is 21.8 Å². The molecule has 39 heavy (non-hydrogen) atoms. The van der Waals surface area contributed by atoms with Gasteiger partial charge < -0.3 is 4.74 Å². The summed E-state index contributed by atoms with van der Waals surface area (Å²) in [6, 6.07) is 44.7. The average Bonchev–Trinajstić information content (AvgIpc) is 3.29. The van der Waals surface area contributed by atoms with Gasteiger partial charge in [-0.25, -0.2) is 4.79 Å². The van der Waals surface area contributed by atoms with E-state index in [0.29, 0.717) is 0 Å². The van der Waals surface area contributed by atoms with Crippen LogP contribution in [0.5, 0.6) is 11.5 Å². The Morgan fingerprint density at radius 2 is 1.08 bits per heavy atom. The van der Waals surface area contributed by atoms with Crippen molar-refractivity contribution in [3.8, 4) is 45.1 Å². The minimum absolute atomic E-state index is 0.0902. The molecule has 0 saturated carbocycles. The first-order valence-electron chi connectivity index (χ1n) is 13.0. The molecular formula is C35H22N2O2. The molecule has 0 N–H and O–H groups in total. The number of benzene rings is 6. The van der Waals surface area contributed by atoms with Gasteiger partial charge in [0.2, 0.25) is 0 Å². The van der Waals surface area contributed by atoms with Crippen LogP contribution in [0.1, 0.15) is 0 Å². The molecule has 0 amide bonds. The predicted octanol–water partition coefficient (Wildman–Crippen LogP) is 8.37. The van der Waals surface area contributed by atoms with Gasteiger partial charge in [-0.1, -0.05) is 84.9 Å². The van der Waals surface area contributed by atoms with E-state index >= 15 is 0 Å². The van der Waals surface area contributed by atoms with Crippen LogP contribution in [0.3, 0.4) is 0 Å². The van der Waals surface area contributed by atoms with Gasteiger partial charge in [0.15, 0.2) is 0 Å². The Kier molecular flexibility index (Phi) is 4.64. The molecule has 0 atom stereocenters. The van der Waals surface area contributed by atoms with Crippen molar-refractivity contribution in [1.82, 2.24) is 9.13 Å². The highest BCUT2D eigenvalue weighted by Crippen LogP contribution is 2.48. The topological polar surface area (TPSA) is 36.2 Å². The molecule has 1 aliphatic rings. The summed E-state index contributed by atoms with van der Waals surface area (Å²) in [7, 11) is 0. The van der Waals surface area contributed by atoms with Crippen molar-refractivity contribution in [3.63, 3.8) is 0 Å². The highest BCUT2D eigenvalue weighted by atomic mass is 16.5. The minimum Gasteiger partial charge on any atom is -0.456 e. The molecule has 0 bridgehead atoms. The Hall–Kier alpha value is -5.35. The second-order valence-electron chi connectivity index (χ2n) is 9.76. The van der Waals surface area contributed by atoms with Crippen LogP contribution in [0.15, 0.2) is 138 Å². The van der Waals surface area contributed by atoms with Crippen LogP contribution < -0.4 is 10.4 Å². The molecule has 7 aromatic rings. The van der Waals surface area contributed by atoms with Crippen molar-refractivity contribution in [1.29, 1.82) is 0 Å². The van der Waals surface area contributed by atoms with E-state index in [1.165, 1.54) is 5.56 Å². The van der Waals surface area contributed by atoms with Crippen molar-refractivity contribution in [2.45, 2.75) is 0 Å². The van der Waals surface area contributed by atoms with Crippen LogP contribution in [-0.4, -0.2) is 9.13 Å². The smallest absolute Gasteiger partial charge is 0.338 e. The summed E-state index contributed by atoms with van der Waals surface area (Å²) in [6.07, 6.45) is 0. The van der Waals surface area contributed by atoms with Gasteiger partial charge in [0.25, 0.3) is 0 Å². The monoisotopic (exact) mass is 502 g/mol. The molecule has 0 aliphatic carbocycles. The molecule has 1 aliphatic heterocycles. The van der Waals surface area contributed by atoms with Crippen molar-refractivity contribution in [2.24, 2.45) is 0 Å². The van der Waals surface area contributed by atoms with Gasteiger partial charge in [-0.3, -0.25) is 9.13 Å². The number of aromatic nitrogens is 2. The summed E-state index contributed by atoms with van der Waals surface area (Å²) in [4.78, 5) is 13.7. The maximum absolute atomic E-state index is 13.7. The molecule has 2 heterocycles. The van der Waals surface area contributed by atoms with Crippen LogP contribution in [-0.2, 0) is 0 Å². The first-order valence-corrected chi connectivity index (χ1v) is 13.0. The maximum atomic E-state index is 13.7. The summed E-state index contributed by atoms with van der Waals surface area (Å²) in [5.74, 6) is 1.76. The first kappa shape index (κ1) is 21.7. The molecule has 0 unspecified atom stereocenters. The number of rotatable bonds is 3. The van der Waals surface area contributed by atoms with E-state index in [2.05, 4.69) is 36.4 Å². The lowest BCUT2D eigenvalue weighted by Crippen LogP contribution is -2.22. The molecule has 8 rings (SSSR count). The molecule has 6 aromatic carbocycles. The van der Waals surface area contributed by atoms with Gasteiger partial charge in [-0.2, -0.15) is 0 Å². The summed E-state index contributed by atoms with van der Waals surface area (Å²) in [5.41, 5.74) is 7.84. The lowest BCUT2D eigenvalue weighted by atomic mass is 9.90. The molecule has 4 nitrogen and oxygen atoms in total. The number of imidazole rings is 1. The quantitative estimate of drug-likeness (QED) is 0.243. The van der Waals surface area contributed by atoms with Gasteiger partial charge in [0, 0.05) is 10.9 Å². The molecule has 0 fully saturated rings. The standard InChI is InChI=1S/C35H22N2O2/c38-35-36(24-9-2-1-3-10-24)30-13-5-6-14-31(30)37(35)25-19-17-23(18-20-25)26-21-22-29-27-11-4-7-15-32(27)39-33-16-8-12-28(26)34(29)33/h1-22H. The zero-order valence-electron chi connectivity index (χ0n) is 20.9. The summed E-state index contributed by atoms with van der Waals surface area (Å²) >= 11 is 0. The van der Waals surface area contributed by atoms with E-state index in [4.69, 9.17) is 4.74 Å². The number of fused-ring (bicyclic) bond motifs is 3. The Bertz CT molecular complexity index is 2100. The van der Waals surface area contributed by atoms with Crippen molar-refractivity contribution in [3.05, 3.63) is 144 Å². The molecule has 184 valence electrons. The predicted molar refractivity (Wildman–Crippen MR) is 157 cm³/mol. The van der Waals surface area contributed by atoms with E-state index in [1.54, 1.807) is 9.13 Å². The van der Waals surface area contributed by atoms with E-state index < -0.39 is 0 Å². The lowest BCUT2D eigenvalue weighted by molar-refractivity contribution is 0.487. The highest BCUT2D eigenvalue weighted by molar-refractivity contribution is 6.10. The summed E-state index contributed by atoms with van der Waals surface area (Å²) in [5, 5.41) is 2.27. The second kappa shape index (κ2) is 8.33. The third kappa shape index (κ3) is 3.22. The molecule has 4 heteroatoms. The Labute approximate surface area is 224 Å². The summed E-state index contributed by atoms with van der Waals surface area (Å²) < 4.78 is 9.83. The number of hydrogen-bond acceptors (Lipinski definition) is 2. The fourth-order valence-corrected chi connectivity index (χ4v) is 5.85. The van der Waals surface area contributed by atoms with Crippen LogP contribution in [0.4, 0.5) is 0 Å². The highest BCUT2D eigenvalue weighted by Gasteiger charge is 2.21. The molecule has 0 radical (unpaired) electrons. The molecule has 0 spiro atoms. The maximum Gasteiger partial charge on any atom is 0.338 e. The second-order valence-corrected chi connectivity index (χ2v) is 9.76. The minimum atomic E-state index is -0.0902. The number of para-hydroxylation sites is 4. The fraction of sp³-hybridized carbons (Fsp3) is 0. The van der Waals surface area contributed by atoms with Crippen molar-refractivity contribution in [2.75, 3.05) is 0 Å². The van der Waals surface area contributed by atoms with Gasteiger partial charge >= 0.3 is 5.69 Å². The van der Waals surface area contributed by atoms with Crippen molar-refractivity contribution < 1.29 is 4.74 Å². The van der Waals surface area contributed by atoms with E-state index in [9.17, 15) is 4.79 Å². The van der Waals surface area contributed by atoms with E-state index in [1.807, 2.05) is 97.1 Å². The number of hydrogen-bond donors (Lipinski definition) is 0. The normalized spacial score (nSPS) is 11.9. The van der Waals surface area contributed by atoms with Gasteiger partial charge in [0.05, 0.1) is 22.4 Å². The lowest BCUT2D eigenvalue weighted by Gasteiger charge is -2.22. The third-order valence-corrected chi connectivity index (χ3v) is 7.60. The Morgan fingerprint density at radius 1 is 0.462 bits per heavy atom. The van der Waals surface area contributed by atoms with Crippen LogP contribution >= 0.6 is 0 Å². The number of ether oxygens (including phenoxy) is 1. The largest absolute Gasteiger partial charge is 0.456 e. The zero-order chi connectivity index (χ0) is 25.9. The van der Waals surface area contributed by atoms with Gasteiger partial charge in [-0.15, -0.1) is 0 Å². The fourth-order valence-electron chi connectivity index (χ4n) is 5.85. The third-order valence-electron chi connectivity index (χ3n) is 7.60. The van der Waals surface area contributed by atoms with E-state index in [-0.39, 0.29) is 5.69 Å². The van der Waals surface area contributed by atoms with Gasteiger partial charge in [0.1, 0.15) is 11.5 Å². The van der Waals surface area contributed by atoms with Gasteiger partial charge in [-0.05, 0) is 70.6 Å². The van der Waals surface area contributed by atoms with Crippen LogP contribution in [0, 0.1) is 0 Å². The molecule has 1 aromatic heterocycles. The van der Waals surface area contributed by atoms with Crippen LogP contribution in [0.2, 0.25) is 0 Å². The van der Waals surface area contributed by atoms with Crippen LogP contribution in [0.25, 0.3) is 55.4 Å². The first-order chi connectivity index (χ1) is 19.3. The molecular weight excluding hydrogens is 480 g/mol. The summed E-state index contributed by atoms with van der Waals surface area (Å²) in [6.45, 7) is 0. The Morgan fingerprint density at radius 3 is 1.85 bits per heavy atom. The number of nitrogens with zero attached hydrogens (tertiary/aromatic N) is 2.